The second-order valence-corrected chi connectivity index (χ2v) is 9.76. The van der Waals surface area contributed by atoms with Crippen LogP contribution < -0.4 is 9.60 Å². The van der Waals surface area contributed by atoms with E-state index >= 15 is 0 Å². The van der Waals surface area contributed by atoms with E-state index < -0.39 is 10.0 Å². The molecule has 2 aliphatic rings. The van der Waals surface area contributed by atoms with Crippen molar-refractivity contribution in [2.24, 2.45) is 11.8 Å². The van der Waals surface area contributed by atoms with Crippen molar-refractivity contribution < 1.29 is 8.42 Å². The van der Waals surface area contributed by atoms with Crippen molar-refractivity contribution in [1.29, 1.82) is 0 Å². The van der Waals surface area contributed by atoms with Crippen LogP contribution in [0.15, 0.2) is 27.9 Å². The van der Waals surface area contributed by atoms with Gasteiger partial charge in [0.15, 0.2) is 0 Å². The van der Waals surface area contributed by atoms with E-state index in [9.17, 15) is 13.2 Å². The molecular weight excluding hydrogens is 344 g/mol. The van der Waals surface area contributed by atoms with Gasteiger partial charge in [-0.25, -0.2) is 13.1 Å². The van der Waals surface area contributed by atoms with Crippen molar-refractivity contribution in [1.82, 2.24) is 9.29 Å². The molecule has 2 bridgehead atoms. The van der Waals surface area contributed by atoms with Gasteiger partial charge >= 0.3 is 4.87 Å². The van der Waals surface area contributed by atoms with Crippen molar-refractivity contribution in [2.75, 3.05) is 0 Å². The first-order valence-corrected chi connectivity index (χ1v) is 10.9. The van der Waals surface area contributed by atoms with E-state index in [-0.39, 0.29) is 15.8 Å². The molecule has 0 unspecified atom stereocenters. The predicted octanol–water partition coefficient (Wildman–Crippen LogP) is 2.94. The summed E-state index contributed by atoms with van der Waals surface area (Å²) >= 11 is 1.12. The summed E-state index contributed by atoms with van der Waals surface area (Å²) in [5, 5.41) is 0. The van der Waals surface area contributed by atoms with Crippen LogP contribution in [0.4, 0.5) is 0 Å². The molecule has 2 aliphatic carbocycles. The summed E-state index contributed by atoms with van der Waals surface area (Å²) in [6.07, 6.45) is 5.38. The summed E-state index contributed by atoms with van der Waals surface area (Å²) in [4.78, 5) is 12.3. The van der Waals surface area contributed by atoms with Gasteiger partial charge in [0.25, 0.3) is 0 Å². The molecule has 1 aromatic heterocycles. The minimum absolute atomic E-state index is 0.0255. The Labute approximate surface area is 145 Å². The highest BCUT2D eigenvalue weighted by atomic mass is 32.2. The van der Waals surface area contributed by atoms with Gasteiger partial charge in [0.05, 0.1) is 15.1 Å². The quantitative estimate of drug-likeness (QED) is 0.885. The molecule has 5 nitrogen and oxygen atoms in total. The Morgan fingerprint density at radius 3 is 2.79 bits per heavy atom. The zero-order valence-electron chi connectivity index (χ0n) is 13.7. The molecule has 1 aromatic carbocycles. The Kier molecular flexibility index (Phi) is 4.05. The third-order valence-electron chi connectivity index (χ3n) is 5.44. The summed E-state index contributed by atoms with van der Waals surface area (Å²) in [5.41, 5.74) is 0.825. The zero-order chi connectivity index (χ0) is 16.9. The summed E-state index contributed by atoms with van der Waals surface area (Å²) in [7, 11) is -3.53. The molecule has 2 fully saturated rings. The fourth-order valence-electron chi connectivity index (χ4n) is 4.31. The average Bonchev–Trinajstić information content (AvgIpc) is 3.22. The second kappa shape index (κ2) is 5.97. The monoisotopic (exact) mass is 366 g/mol. The van der Waals surface area contributed by atoms with E-state index in [2.05, 4.69) is 4.72 Å². The van der Waals surface area contributed by atoms with Crippen molar-refractivity contribution in [3.05, 3.63) is 27.9 Å². The van der Waals surface area contributed by atoms with Crippen LogP contribution in [0.2, 0.25) is 0 Å². The summed E-state index contributed by atoms with van der Waals surface area (Å²) in [5.74, 6) is 1.19. The SMILES string of the molecule is CCCn1c(=O)sc2cc(S(=O)(=O)N[C@@H]3C[C@H]4CC[C@@H]3C4)ccc21. The number of thiazole rings is 1. The number of aryl methyl sites for hydroxylation is 1. The van der Waals surface area contributed by atoms with Crippen LogP contribution in [0.1, 0.15) is 39.0 Å². The van der Waals surface area contributed by atoms with Gasteiger partial charge in [0, 0.05) is 12.6 Å². The highest BCUT2D eigenvalue weighted by Gasteiger charge is 2.41. The van der Waals surface area contributed by atoms with Crippen molar-refractivity contribution >= 4 is 31.6 Å². The van der Waals surface area contributed by atoms with E-state index in [4.69, 9.17) is 0 Å². The molecule has 7 heteroatoms. The summed E-state index contributed by atoms with van der Waals surface area (Å²) in [6, 6.07) is 5.10. The van der Waals surface area contributed by atoms with Gasteiger partial charge in [-0.05, 0) is 55.7 Å². The van der Waals surface area contributed by atoms with Crippen molar-refractivity contribution in [2.45, 2.75) is 56.5 Å². The van der Waals surface area contributed by atoms with Gasteiger partial charge < -0.3 is 0 Å². The Morgan fingerprint density at radius 1 is 1.29 bits per heavy atom. The highest BCUT2D eigenvalue weighted by molar-refractivity contribution is 7.89. The lowest BCUT2D eigenvalue weighted by Gasteiger charge is -2.22. The normalized spacial score (nSPS) is 26.5. The van der Waals surface area contributed by atoms with E-state index in [0.717, 1.165) is 47.2 Å². The molecule has 3 atom stereocenters. The zero-order valence-corrected chi connectivity index (χ0v) is 15.3. The number of benzene rings is 1. The molecule has 0 saturated heterocycles. The topological polar surface area (TPSA) is 68.2 Å². The number of sulfonamides is 1. The predicted molar refractivity (Wildman–Crippen MR) is 95.9 cm³/mol. The molecule has 1 N–H and O–H groups in total. The number of aromatic nitrogens is 1. The number of nitrogens with one attached hydrogen (secondary N) is 1. The van der Waals surface area contributed by atoms with Crippen LogP contribution in [0.5, 0.6) is 0 Å². The first-order valence-electron chi connectivity index (χ1n) is 8.63. The lowest BCUT2D eigenvalue weighted by molar-refractivity contribution is 0.390. The first kappa shape index (κ1) is 16.3. The molecule has 130 valence electrons. The minimum Gasteiger partial charge on any atom is -0.299 e. The van der Waals surface area contributed by atoms with Gasteiger partial charge in [0.1, 0.15) is 0 Å². The maximum Gasteiger partial charge on any atom is 0.308 e. The minimum atomic E-state index is -3.53. The standard InChI is InChI=1S/C17H22N2O3S2/c1-2-7-19-15-6-5-13(10-16(15)23-17(19)20)24(21,22)18-14-9-11-3-4-12(14)8-11/h5-6,10-12,14,18H,2-4,7-9H2,1H3/t11-,12+,14+/m0/s1. The van der Waals surface area contributed by atoms with E-state index in [0.29, 0.717) is 18.4 Å². The molecule has 4 rings (SSSR count). The Hall–Kier alpha value is -1.18. The molecular formula is C17H22N2O3S2. The lowest BCUT2D eigenvalue weighted by atomic mass is 9.96. The fourth-order valence-corrected chi connectivity index (χ4v) is 6.68. The van der Waals surface area contributed by atoms with Crippen LogP contribution in [0.25, 0.3) is 10.2 Å². The van der Waals surface area contributed by atoms with Gasteiger partial charge in [-0.3, -0.25) is 9.36 Å². The molecule has 0 spiro atoms. The molecule has 1 heterocycles. The largest absolute Gasteiger partial charge is 0.308 e. The van der Waals surface area contributed by atoms with Crippen LogP contribution in [0, 0.1) is 11.8 Å². The van der Waals surface area contributed by atoms with Gasteiger partial charge in [-0.1, -0.05) is 24.7 Å². The van der Waals surface area contributed by atoms with E-state index in [1.165, 1.54) is 6.42 Å². The maximum absolute atomic E-state index is 12.7. The Balaban J connectivity index is 1.64. The molecule has 2 aromatic rings. The van der Waals surface area contributed by atoms with Crippen LogP contribution >= 0.6 is 11.3 Å². The third-order valence-corrected chi connectivity index (χ3v) is 7.87. The maximum atomic E-state index is 12.7. The molecule has 0 amide bonds. The van der Waals surface area contributed by atoms with E-state index in [1.54, 1.807) is 22.8 Å². The average molecular weight is 367 g/mol. The summed E-state index contributed by atoms with van der Waals surface area (Å²) < 4.78 is 30.8. The van der Waals surface area contributed by atoms with E-state index in [1.807, 2.05) is 6.92 Å². The fraction of sp³-hybridized carbons (Fsp3) is 0.588. The number of nitrogens with zero attached hydrogens (tertiary/aromatic N) is 1. The number of hydrogen-bond donors (Lipinski definition) is 1. The van der Waals surface area contributed by atoms with Gasteiger partial charge in [-0.2, -0.15) is 0 Å². The first-order chi connectivity index (χ1) is 11.5. The van der Waals surface area contributed by atoms with Crippen LogP contribution in [0.3, 0.4) is 0 Å². The third kappa shape index (κ3) is 2.72. The molecule has 0 aliphatic heterocycles. The van der Waals surface area contributed by atoms with Gasteiger partial charge in [0.2, 0.25) is 10.0 Å². The number of rotatable bonds is 5. The van der Waals surface area contributed by atoms with Gasteiger partial charge in [-0.15, -0.1) is 0 Å². The second-order valence-electron chi connectivity index (χ2n) is 7.05. The summed E-state index contributed by atoms with van der Waals surface area (Å²) in [6.45, 7) is 2.68. The number of hydrogen-bond acceptors (Lipinski definition) is 4. The lowest BCUT2D eigenvalue weighted by Crippen LogP contribution is -2.38. The van der Waals surface area contributed by atoms with Crippen LogP contribution in [-0.4, -0.2) is 19.0 Å². The van der Waals surface area contributed by atoms with Crippen LogP contribution in [-0.2, 0) is 16.6 Å². The molecule has 2 saturated carbocycles. The van der Waals surface area contributed by atoms with Crippen molar-refractivity contribution in [3.63, 3.8) is 0 Å². The Morgan fingerprint density at radius 2 is 2.12 bits per heavy atom. The Bertz CT molecular complexity index is 929. The number of fused-ring (bicyclic) bond motifs is 3. The highest BCUT2D eigenvalue weighted by Crippen LogP contribution is 2.44. The molecule has 0 radical (unpaired) electrons. The van der Waals surface area contributed by atoms with Crippen molar-refractivity contribution in [3.8, 4) is 0 Å². The smallest absolute Gasteiger partial charge is 0.299 e. The molecule has 24 heavy (non-hydrogen) atoms.